The largest absolute Gasteiger partial charge is 0.416 e. The highest BCUT2D eigenvalue weighted by Crippen LogP contribution is 2.29. The first-order valence-electron chi connectivity index (χ1n) is 9.18. The molecule has 1 aliphatic rings. The van der Waals surface area contributed by atoms with Crippen molar-refractivity contribution in [1.82, 2.24) is 4.90 Å². The van der Waals surface area contributed by atoms with E-state index in [1.54, 1.807) is 0 Å². The summed E-state index contributed by atoms with van der Waals surface area (Å²) in [6, 6.07) is 12.5. The Labute approximate surface area is 157 Å². The molecule has 0 atom stereocenters. The number of nitrogens with one attached hydrogen (secondary N) is 1. The van der Waals surface area contributed by atoms with Crippen molar-refractivity contribution in [1.29, 1.82) is 0 Å². The summed E-state index contributed by atoms with van der Waals surface area (Å²) in [6.07, 6.45) is -0.879. The molecule has 1 aliphatic heterocycles. The number of para-hydroxylation sites is 1. The van der Waals surface area contributed by atoms with Gasteiger partial charge in [0.1, 0.15) is 0 Å². The number of anilines is 1. The van der Waals surface area contributed by atoms with Gasteiger partial charge in [-0.15, -0.1) is 0 Å². The number of amides is 1. The van der Waals surface area contributed by atoms with Gasteiger partial charge in [-0.05, 0) is 49.2 Å². The van der Waals surface area contributed by atoms with Crippen LogP contribution in [0.3, 0.4) is 0 Å². The Morgan fingerprint density at radius 2 is 1.74 bits per heavy atom. The average molecular weight is 376 g/mol. The SMILES string of the molecule is O=C(Cc1cccc(C(F)(F)F)c1)Nc1ccccc1CN1CCCCC1. The van der Waals surface area contributed by atoms with Crippen molar-refractivity contribution in [2.75, 3.05) is 18.4 Å². The van der Waals surface area contributed by atoms with E-state index < -0.39 is 11.7 Å². The lowest BCUT2D eigenvalue weighted by atomic mass is 10.1. The van der Waals surface area contributed by atoms with Crippen LogP contribution in [0.25, 0.3) is 0 Å². The lowest BCUT2D eigenvalue weighted by molar-refractivity contribution is -0.137. The van der Waals surface area contributed by atoms with Crippen molar-refractivity contribution < 1.29 is 18.0 Å². The van der Waals surface area contributed by atoms with E-state index in [1.807, 2.05) is 24.3 Å². The zero-order valence-electron chi connectivity index (χ0n) is 15.1. The molecular formula is C21H23F3N2O. The van der Waals surface area contributed by atoms with E-state index in [9.17, 15) is 18.0 Å². The Morgan fingerprint density at radius 1 is 1.00 bits per heavy atom. The third-order valence-corrected chi connectivity index (χ3v) is 4.75. The van der Waals surface area contributed by atoms with Gasteiger partial charge in [-0.3, -0.25) is 9.69 Å². The second kappa shape index (κ2) is 8.57. The smallest absolute Gasteiger partial charge is 0.325 e. The monoisotopic (exact) mass is 376 g/mol. The summed E-state index contributed by atoms with van der Waals surface area (Å²) in [5.41, 5.74) is 1.35. The first-order chi connectivity index (χ1) is 12.9. The van der Waals surface area contributed by atoms with Crippen molar-refractivity contribution in [2.24, 2.45) is 0 Å². The van der Waals surface area contributed by atoms with Gasteiger partial charge in [0.25, 0.3) is 0 Å². The van der Waals surface area contributed by atoms with Crippen LogP contribution in [0.1, 0.15) is 36.0 Å². The summed E-state index contributed by atoms with van der Waals surface area (Å²) in [5, 5.41) is 2.86. The van der Waals surface area contributed by atoms with Crippen molar-refractivity contribution >= 4 is 11.6 Å². The number of carbonyl (C=O) groups is 1. The van der Waals surface area contributed by atoms with Gasteiger partial charge in [0.05, 0.1) is 12.0 Å². The van der Waals surface area contributed by atoms with Crippen molar-refractivity contribution in [2.45, 2.75) is 38.4 Å². The number of alkyl halides is 3. The Balaban J connectivity index is 1.66. The first kappa shape index (κ1) is 19.4. The molecule has 0 saturated carbocycles. The number of benzene rings is 2. The fourth-order valence-electron chi connectivity index (χ4n) is 3.38. The summed E-state index contributed by atoms with van der Waals surface area (Å²) in [7, 11) is 0. The van der Waals surface area contributed by atoms with E-state index in [0.717, 1.165) is 43.0 Å². The number of halogens is 3. The van der Waals surface area contributed by atoms with E-state index >= 15 is 0 Å². The Hall–Kier alpha value is -2.34. The molecule has 2 aromatic carbocycles. The number of likely N-dealkylation sites (tertiary alicyclic amines) is 1. The lowest BCUT2D eigenvalue weighted by Gasteiger charge is -2.27. The molecule has 1 saturated heterocycles. The van der Waals surface area contributed by atoms with Gasteiger partial charge < -0.3 is 5.32 Å². The summed E-state index contributed by atoms with van der Waals surface area (Å²) in [6.45, 7) is 2.86. The Bertz CT molecular complexity index is 783. The highest BCUT2D eigenvalue weighted by molar-refractivity contribution is 5.93. The maximum atomic E-state index is 12.8. The number of hydrogen-bond donors (Lipinski definition) is 1. The zero-order chi connectivity index (χ0) is 19.3. The van der Waals surface area contributed by atoms with E-state index in [2.05, 4.69) is 10.2 Å². The predicted octanol–water partition coefficient (Wildman–Crippen LogP) is 4.87. The molecule has 1 heterocycles. The fourth-order valence-corrected chi connectivity index (χ4v) is 3.38. The maximum absolute atomic E-state index is 12.8. The van der Waals surface area contributed by atoms with Crippen molar-refractivity contribution in [3.05, 3.63) is 65.2 Å². The van der Waals surface area contributed by atoms with Crippen LogP contribution in [-0.2, 0) is 23.9 Å². The van der Waals surface area contributed by atoms with Crippen LogP contribution in [-0.4, -0.2) is 23.9 Å². The highest BCUT2D eigenvalue weighted by atomic mass is 19.4. The molecule has 27 heavy (non-hydrogen) atoms. The fraction of sp³-hybridized carbons (Fsp3) is 0.381. The number of rotatable bonds is 5. The molecule has 0 aromatic heterocycles. The third-order valence-electron chi connectivity index (χ3n) is 4.75. The van der Waals surface area contributed by atoms with Crippen molar-refractivity contribution in [3.8, 4) is 0 Å². The maximum Gasteiger partial charge on any atom is 0.416 e. The third kappa shape index (κ3) is 5.57. The van der Waals surface area contributed by atoms with E-state index in [-0.39, 0.29) is 12.3 Å². The van der Waals surface area contributed by atoms with Gasteiger partial charge in [0.2, 0.25) is 5.91 Å². The van der Waals surface area contributed by atoms with Crippen LogP contribution in [0.2, 0.25) is 0 Å². The van der Waals surface area contributed by atoms with Crippen LogP contribution in [0, 0.1) is 0 Å². The quantitative estimate of drug-likeness (QED) is 0.807. The van der Waals surface area contributed by atoms with E-state index in [0.29, 0.717) is 5.56 Å². The molecular weight excluding hydrogens is 353 g/mol. The van der Waals surface area contributed by atoms with E-state index in [4.69, 9.17) is 0 Å². The van der Waals surface area contributed by atoms with Gasteiger partial charge in [0, 0.05) is 12.2 Å². The topological polar surface area (TPSA) is 32.3 Å². The summed E-state index contributed by atoms with van der Waals surface area (Å²) < 4.78 is 38.5. The van der Waals surface area contributed by atoms with Crippen LogP contribution in [0.5, 0.6) is 0 Å². The van der Waals surface area contributed by atoms with Gasteiger partial charge in [0.15, 0.2) is 0 Å². The predicted molar refractivity (Wildman–Crippen MR) is 99.3 cm³/mol. The molecule has 144 valence electrons. The summed E-state index contributed by atoms with van der Waals surface area (Å²) in [4.78, 5) is 14.7. The van der Waals surface area contributed by atoms with Gasteiger partial charge >= 0.3 is 6.18 Å². The summed E-state index contributed by atoms with van der Waals surface area (Å²) >= 11 is 0. The van der Waals surface area contributed by atoms with Gasteiger partial charge in [-0.2, -0.15) is 13.2 Å². The minimum atomic E-state index is -4.41. The van der Waals surface area contributed by atoms with Crippen LogP contribution < -0.4 is 5.32 Å². The molecule has 3 rings (SSSR count). The van der Waals surface area contributed by atoms with Gasteiger partial charge in [-0.25, -0.2) is 0 Å². The second-order valence-electron chi connectivity index (χ2n) is 6.92. The molecule has 3 nitrogen and oxygen atoms in total. The molecule has 1 N–H and O–H groups in total. The number of piperidine rings is 1. The number of carbonyl (C=O) groups excluding carboxylic acids is 1. The van der Waals surface area contributed by atoms with E-state index in [1.165, 1.54) is 31.4 Å². The highest BCUT2D eigenvalue weighted by Gasteiger charge is 2.30. The molecule has 0 aliphatic carbocycles. The Kier molecular flexibility index (Phi) is 6.16. The Morgan fingerprint density at radius 3 is 2.48 bits per heavy atom. The summed E-state index contributed by atoms with van der Waals surface area (Å²) in [5.74, 6) is -0.319. The normalized spacial score (nSPS) is 15.5. The van der Waals surface area contributed by atoms with Crippen molar-refractivity contribution in [3.63, 3.8) is 0 Å². The van der Waals surface area contributed by atoms with Gasteiger partial charge in [-0.1, -0.05) is 42.8 Å². The lowest BCUT2D eigenvalue weighted by Crippen LogP contribution is -2.29. The number of nitrogens with zero attached hydrogens (tertiary/aromatic N) is 1. The molecule has 0 unspecified atom stereocenters. The molecule has 0 spiro atoms. The first-order valence-corrected chi connectivity index (χ1v) is 9.18. The standard InChI is InChI=1S/C21H23F3N2O/c22-21(23,24)18-9-6-7-16(13-18)14-20(27)25-19-10-3-2-8-17(19)15-26-11-4-1-5-12-26/h2-3,6-10,13H,1,4-5,11-12,14-15H2,(H,25,27). The minimum absolute atomic E-state index is 0.0953. The molecule has 0 bridgehead atoms. The average Bonchev–Trinajstić information content (AvgIpc) is 2.64. The van der Waals surface area contributed by atoms with Crippen LogP contribution >= 0.6 is 0 Å². The molecule has 2 aromatic rings. The molecule has 6 heteroatoms. The molecule has 1 amide bonds. The van der Waals surface area contributed by atoms with Crippen LogP contribution in [0.15, 0.2) is 48.5 Å². The zero-order valence-corrected chi connectivity index (χ0v) is 15.1. The second-order valence-corrected chi connectivity index (χ2v) is 6.92. The van der Waals surface area contributed by atoms with Crippen LogP contribution in [0.4, 0.5) is 18.9 Å². The minimum Gasteiger partial charge on any atom is -0.325 e. The number of hydrogen-bond acceptors (Lipinski definition) is 2. The molecule has 1 fully saturated rings. The molecule has 0 radical (unpaired) electrons.